The highest BCUT2D eigenvalue weighted by Crippen LogP contribution is 2.29. The van der Waals surface area contributed by atoms with Gasteiger partial charge in [-0.05, 0) is 31.2 Å². The summed E-state index contributed by atoms with van der Waals surface area (Å²) in [6.45, 7) is 2.09. The summed E-state index contributed by atoms with van der Waals surface area (Å²) in [6.07, 6.45) is -4.69. The summed E-state index contributed by atoms with van der Waals surface area (Å²) < 4.78 is 41.4. The summed E-state index contributed by atoms with van der Waals surface area (Å²) in [5, 5.41) is 6.95. The molecule has 0 bridgehead atoms. The number of carbonyl (C=O) groups is 1. The van der Waals surface area contributed by atoms with Gasteiger partial charge in [0.15, 0.2) is 0 Å². The summed E-state index contributed by atoms with van der Waals surface area (Å²) in [6, 6.07) is 5.45. The first-order valence-corrected chi connectivity index (χ1v) is 6.49. The monoisotopic (exact) mass is 330 g/mol. The fourth-order valence-electron chi connectivity index (χ4n) is 1.70. The van der Waals surface area contributed by atoms with Gasteiger partial charge in [-0.2, -0.15) is 18.2 Å². The van der Waals surface area contributed by atoms with Gasteiger partial charge in [0.25, 0.3) is 0 Å². The van der Waals surface area contributed by atoms with Crippen molar-refractivity contribution in [1.82, 2.24) is 15.2 Å². The van der Waals surface area contributed by atoms with E-state index in [1.54, 1.807) is 6.92 Å². The summed E-state index contributed by atoms with van der Waals surface area (Å²) >= 11 is 0. The van der Waals surface area contributed by atoms with Crippen molar-refractivity contribution in [2.45, 2.75) is 13.1 Å². The highest BCUT2D eigenvalue weighted by atomic mass is 19.4. The molecule has 1 N–H and O–H groups in total. The number of alkyl halides is 3. The van der Waals surface area contributed by atoms with Gasteiger partial charge in [0.2, 0.25) is 5.82 Å². The lowest BCUT2D eigenvalue weighted by Crippen LogP contribution is -2.33. The van der Waals surface area contributed by atoms with Crippen LogP contribution in [0.15, 0.2) is 28.8 Å². The number of hydrogen-bond acceptors (Lipinski definition) is 5. The molecule has 0 spiro atoms. The Morgan fingerprint density at radius 3 is 2.48 bits per heavy atom. The Morgan fingerprint density at radius 1 is 1.35 bits per heavy atom. The number of hydroxylamine groups is 2. The average molecular weight is 330 g/mol. The molecule has 0 aliphatic rings. The lowest BCUT2D eigenvalue weighted by Gasteiger charge is -2.18. The molecule has 0 radical (unpaired) electrons. The minimum Gasteiger partial charge on any atom is -0.329 e. The number of rotatable bonds is 4. The van der Waals surface area contributed by atoms with Crippen LogP contribution >= 0.6 is 0 Å². The number of halogens is 3. The number of amides is 2. The van der Waals surface area contributed by atoms with Gasteiger partial charge in [-0.15, -0.1) is 0 Å². The van der Waals surface area contributed by atoms with E-state index in [-0.39, 0.29) is 5.82 Å². The van der Waals surface area contributed by atoms with Gasteiger partial charge in [-0.3, -0.25) is 4.84 Å². The zero-order valence-electron chi connectivity index (χ0n) is 12.2. The topological polar surface area (TPSA) is 80.5 Å². The summed E-state index contributed by atoms with van der Waals surface area (Å²) in [5.41, 5.74) is 0.759. The average Bonchev–Trinajstić information content (AvgIpc) is 2.99. The van der Waals surface area contributed by atoms with Crippen LogP contribution in [0.25, 0.3) is 11.4 Å². The molecule has 0 fully saturated rings. The van der Waals surface area contributed by atoms with Gasteiger partial charge in [0, 0.05) is 17.8 Å². The standard InChI is InChI=1S/C13H13F3N4O3/c1-3-20(22-2)12(21)17-9-6-4-8(5-7-9)10-18-11(23-19-10)13(14,15)16/h4-7H,3H2,1-2H3,(H,17,21). The first-order chi connectivity index (χ1) is 10.8. The van der Waals surface area contributed by atoms with Gasteiger partial charge < -0.3 is 9.84 Å². The van der Waals surface area contributed by atoms with E-state index in [1.807, 2.05) is 0 Å². The van der Waals surface area contributed by atoms with Crippen LogP contribution < -0.4 is 5.32 Å². The van der Waals surface area contributed by atoms with Gasteiger partial charge >= 0.3 is 18.1 Å². The van der Waals surface area contributed by atoms with Crippen LogP contribution in [-0.2, 0) is 11.0 Å². The minimum atomic E-state index is -4.69. The first kappa shape index (κ1) is 16.7. The van der Waals surface area contributed by atoms with Crippen LogP contribution in [-0.4, -0.2) is 34.9 Å². The Balaban J connectivity index is 2.10. The van der Waals surface area contributed by atoms with Crippen molar-refractivity contribution >= 4 is 11.7 Å². The molecule has 2 aromatic rings. The Hall–Kier alpha value is -2.62. The van der Waals surface area contributed by atoms with Gasteiger partial charge in [0.1, 0.15) is 0 Å². The third kappa shape index (κ3) is 3.97. The largest absolute Gasteiger partial charge is 0.471 e. The summed E-state index contributed by atoms with van der Waals surface area (Å²) in [7, 11) is 1.36. The molecule has 1 heterocycles. The molecule has 1 aromatic carbocycles. The smallest absolute Gasteiger partial charge is 0.329 e. The van der Waals surface area contributed by atoms with Crippen LogP contribution in [0.3, 0.4) is 0 Å². The van der Waals surface area contributed by atoms with Crippen LogP contribution in [0.4, 0.5) is 23.7 Å². The summed E-state index contributed by atoms with van der Waals surface area (Å²) in [4.78, 5) is 19.9. The van der Waals surface area contributed by atoms with Crippen molar-refractivity contribution in [3.63, 3.8) is 0 Å². The zero-order chi connectivity index (χ0) is 17.0. The molecular formula is C13H13F3N4O3. The molecule has 0 aliphatic carbocycles. The maximum atomic E-state index is 12.4. The molecule has 124 valence electrons. The molecule has 7 nitrogen and oxygen atoms in total. The molecule has 0 aliphatic heterocycles. The van der Waals surface area contributed by atoms with Gasteiger partial charge in [-0.1, -0.05) is 5.16 Å². The SMILES string of the molecule is CCN(OC)C(=O)Nc1ccc(-c2noc(C(F)(F)F)n2)cc1. The molecule has 2 rings (SSSR count). The first-order valence-electron chi connectivity index (χ1n) is 6.49. The number of aromatic nitrogens is 2. The predicted molar refractivity (Wildman–Crippen MR) is 73.1 cm³/mol. The fourth-order valence-corrected chi connectivity index (χ4v) is 1.70. The Morgan fingerprint density at radius 2 is 2.00 bits per heavy atom. The minimum absolute atomic E-state index is 0.192. The number of carbonyl (C=O) groups excluding carboxylic acids is 1. The van der Waals surface area contributed by atoms with E-state index in [9.17, 15) is 18.0 Å². The lowest BCUT2D eigenvalue weighted by molar-refractivity contribution is -0.159. The van der Waals surface area contributed by atoms with E-state index in [4.69, 9.17) is 4.84 Å². The number of nitrogens with zero attached hydrogens (tertiary/aromatic N) is 3. The second-order valence-electron chi connectivity index (χ2n) is 4.31. The second kappa shape index (κ2) is 6.65. The molecule has 0 unspecified atom stereocenters. The van der Waals surface area contributed by atoms with E-state index in [1.165, 1.54) is 31.4 Å². The van der Waals surface area contributed by atoms with Crippen molar-refractivity contribution in [1.29, 1.82) is 0 Å². The Labute approximate surface area is 129 Å². The second-order valence-corrected chi connectivity index (χ2v) is 4.31. The normalized spacial score (nSPS) is 11.3. The van der Waals surface area contributed by atoms with Crippen molar-refractivity contribution in [2.75, 3.05) is 19.0 Å². The molecule has 10 heteroatoms. The highest BCUT2D eigenvalue weighted by molar-refractivity contribution is 5.88. The number of benzene rings is 1. The van der Waals surface area contributed by atoms with Crippen LogP contribution in [0.2, 0.25) is 0 Å². The Kier molecular flexibility index (Phi) is 4.84. The van der Waals surface area contributed by atoms with E-state index < -0.39 is 18.1 Å². The molecule has 0 saturated carbocycles. The third-order valence-corrected chi connectivity index (χ3v) is 2.80. The summed E-state index contributed by atoms with van der Waals surface area (Å²) in [5.74, 6) is -1.61. The van der Waals surface area contributed by atoms with Crippen LogP contribution in [0.1, 0.15) is 12.8 Å². The molecule has 23 heavy (non-hydrogen) atoms. The van der Waals surface area contributed by atoms with E-state index in [0.717, 1.165) is 5.06 Å². The maximum absolute atomic E-state index is 12.4. The molecular weight excluding hydrogens is 317 g/mol. The van der Waals surface area contributed by atoms with Crippen LogP contribution in [0.5, 0.6) is 0 Å². The number of hydrogen-bond donors (Lipinski definition) is 1. The lowest BCUT2D eigenvalue weighted by atomic mass is 10.2. The maximum Gasteiger partial charge on any atom is 0.471 e. The highest BCUT2D eigenvalue weighted by Gasteiger charge is 2.38. The third-order valence-electron chi connectivity index (χ3n) is 2.80. The number of urea groups is 1. The number of anilines is 1. The fraction of sp³-hybridized carbons (Fsp3) is 0.308. The quantitative estimate of drug-likeness (QED) is 0.871. The molecule has 0 atom stereocenters. The van der Waals surface area contributed by atoms with Crippen molar-refractivity contribution in [2.24, 2.45) is 0 Å². The van der Waals surface area contributed by atoms with Crippen LogP contribution in [0, 0.1) is 0 Å². The van der Waals surface area contributed by atoms with E-state index in [0.29, 0.717) is 17.8 Å². The van der Waals surface area contributed by atoms with Crippen molar-refractivity contribution in [3.05, 3.63) is 30.2 Å². The molecule has 2 amide bonds. The molecule has 0 saturated heterocycles. The van der Waals surface area contributed by atoms with Gasteiger partial charge in [0.05, 0.1) is 7.11 Å². The zero-order valence-corrected chi connectivity index (χ0v) is 12.2. The van der Waals surface area contributed by atoms with E-state index in [2.05, 4.69) is 20.0 Å². The van der Waals surface area contributed by atoms with E-state index >= 15 is 0 Å². The Bertz CT molecular complexity index is 666. The number of nitrogens with one attached hydrogen (secondary N) is 1. The molecule has 1 aromatic heterocycles. The predicted octanol–water partition coefficient (Wildman–Crippen LogP) is 3.17. The van der Waals surface area contributed by atoms with Gasteiger partial charge in [-0.25, -0.2) is 9.86 Å². The van der Waals surface area contributed by atoms with Crippen molar-refractivity contribution < 1.29 is 27.3 Å². The van der Waals surface area contributed by atoms with Crippen molar-refractivity contribution in [3.8, 4) is 11.4 Å².